The van der Waals surface area contributed by atoms with Gasteiger partial charge in [-0.05, 0) is 88.2 Å². The summed E-state index contributed by atoms with van der Waals surface area (Å²) in [5.74, 6) is -1.95. The van der Waals surface area contributed by atoms with E-state index in [4.69, 9.17) is 9.47 Å². The number of carboxylic acid groups (broad SMARTS) is 2. The molecule has 8 nitrogen and oxygen atoms in total. The smallest absolute Gasteiger partial charge is 0.550 e. The minimum atomic E-state index is -0.976. The van der Waals surface area contributed by atoms with Crippen LogP contribution in [0, 0.1) is 0 Å². The molecule has 332 valence electrons. The average Bonchev–Trinajstić information content (AvgIpc) is 3.22. The van der Waals surface area contributed by atoms with Crippen molar-refractivity contribution >= 4 is 60.8 Å². The number of unbranched alkanes of at least 4 members (excludes halogenated alkanes) is 14. The van der Waals surface area contributed by atoms with Crippen LogP contribution in [0.1, 0.15) is 205 Å². The summed E-state index contributed by atoms with van der Waals surface area (Å²) < 4.78 is 12.1. The second-order valence-corrected chi connectivity index (χ2v) is 16.3. The Morgan fingerprint density at radius 1 is 0.458 bits per heavy atom. The number of aliphatic hydroxyl groups is 2. The maximum absolute atomic E-state index is 10.3. The molecule has 9 heteroatoms. The Labute approximate surface area is 400 Å². The van der Waals surface area contributed by atoms with E-state index in [1.165, 1.54) is 75.3 Å². The third kappa shape index (κ3) is 38.2. The summed E-state index contributed by atoms with van der Waals surface area (Å²) in [4.78, 5) is 20.7. The molecule has 0 aliphatic rings. The first-order chi connectivity index (χ1) is 28.2. The maximum atomic E-state index is 10.3. The summed E-state index contributed by atoms with van der Waals surface area (Å²) in [5, 5.41) is 40.6. The Morgan fingerprint density at radius 3 is 1.02 bits per heavy atom. The fraction of sp³-hybridized carbons (Fsp3) is 0.720. The Hall–Kier alpha value is -1.21. The summed E-state index contributed by atoms with van der Waals surface area (Å²) in [6, 6.07) is 20.7. The minimum Gasteiger partial charge on any atom is -0.550 e. The van der Waals surface area contributed by atoms with E-state index < -0.39 is 11.9 Å². The second-order valence-electron chi connectivity index (χ2n) is 16.3. The van der Waals surface area contributed by atoms with Gasteiger partial charge in [0.1, 0.15) is 0 Å². The van der Waals surface area contributed by atoms with Gasteiger partial charge in [-0.15, -0.1) is 0 Å². The Kier molecular flexibility index (Phi) is 41.2. The molecule has 2 aromatic carbocycles. The summed E-state index contributed by atoms with van der Waals surface area (Å²) in [6.07, 6.45) is 27.6. The summed E-state index contributed by atoms with van der Waals surface area (Å²) in [6.45, 7) is 5.81. The van der Waals surface area contributed by atoms with E-state index >= 15 is 0 Å². The SMILES string of the molecule is CCC(CCCCCCCCC(O)CCCCCC(=O)[O-])OCc1ccccc1.CCC(CCCCCCCCC(O)CCCCCC(=O)[O-])OCc1ccccc1.[Ba+2]. The van der Waals surface area contributed by atoms with Gasteiger partial charge in [-0.2, -0.15) is 0 Å². The van der Waals surface area contributed by atoms with Crippen LogP contribution in [0.3, 0.4) is 0 Å². The molecule has 0 aromatic heterocycles. The van der Waals surface area contributed by atoms with Crippen LogP contribution in [0.2, 0.25) is 0 Å². The summed E-state index contributed by atoms with van der Waals surface area (Å²) in [5.41, 5.74) is 2.48. The van der Waals surface area contributed by atoms with Crippen LogP contribution in [0.15, 0.2) is 60.7 Å². The molecule has 0 saturated carbocycles. The van der Waals surface area contributed by atoms with Crippen molar-refractivity contribution in [2.75, 3.05) is 0 Å². The molecule has 0 heterocycles. The van der Waals surface area contributed by atoms with E-state index in [1.807, 2.05) is 12.1 Å². The fourth-order valence-corrected chi connectivity index (χ4v) is 7.25. The number of rotatable bonds is 38. The van der Waals surface area contributed by atoms with Gasteiger partial charge in [0.2, 0.25) is 0 Å². The number of carbonyl (C=O) groups excluding carboxylic acids is 2. The Morgan fingerprint density at radius 2 is 0.729 bits per heavy atom. The van der Waals surface area contributed by atoms with Gasteiger partial charge in [-0.1, -0.05) is 177 Å². The first-order valence-corrected chi connectivity index (χ1v) is 23.3. The van der Waals surface area contributed by atoms with Crippen LogP contribution in [0.4, 0.5) is 0 Å². The zero-order valence-corrected chi connectivity index (χ0v) is 41.8. The fourth-order valence-electron chi connectivity index (χ4n) is 7.25. The van der Waals surface area contributed by atoms with E-state index in [2.05, 4.69) is 62.4 Å². The van der Waals surface area contributed by atoms with Gasteiger partial charge in [0.25, 0.3) is 0 Å². The number of hydrogen-bond acceptors (Lipinski definition) is 8. The Bertz CT molecular complexity index is 1110. The predicted molar refractivity (Wildman–Crippen MR) is 238 cm³/mol. The molecule has 2 rings (SSSR count). The van der Waals surface area contributed by atoms with Crippen molar-refractivity contribution in [3.05, 3.63) is 71.8 Å². The number of aliphatic hydroxyl groups excluding tert-OH is 2. The van der Waals surface area contributed by atoms with E-state index in [0.717, 1.165) is 89.9 Å². The molecule has 0 saturated heterocycles. The molecule has 0 spiro atoms. The number of ether oxygens (including phenoxy) is 2. The van der Waals surface area contributed by atoms with Crippen molar-refractivity contribution in [3.8, 4) is 0 Å². The average molecular weight is 949 g/mol. The van der Waals surface area contributed by atoms with Crippen molar-refractivity contribution in [1.82, 2.24) is 0 Å². The van der Waals surface area contributed by atoms with Crippen LogP contribution in [-0.2, 0) is 32.3 Å². The third-order valence-electron chi connectivity index (χ3n) is 11.0. The predicted octanol–water partition coefficient (Wildman–Crippen LogP) is 9.95. The molecule has 2 N–H and O–H groups in total. The van der Waals surface area contributed by atoms with Gasteiger partial charge >= 0.3 is 48.9 Å². The Balaban J connectivity index is 0.00000112. The molecule has 0 fully saturated rings. The number of aliphatic carboxylic acids is 2. The molecule has 0 aliphatic carbocycles. The number of carboxylic acids is 2. The molecule has 0 aliphatic heterocycles. The number of benzene rings is 2. The maximum Gasteiger partial charge on any atom is 2.00 e. The molecular formula is C50H82BaO8. The first kappa shape index (κ1) is 57.8. The molecular weight excluding hydrogens is 866 g/mol. The normalized spacial score (nSPS) is 13.1. The van der Waals surface area contributed by atoms with E-state index in [1.54, 1.807) is 0 Å². The molecule has 0 bridgehead atoms. The van der Waals surface area contributed by atoms with Gasteiger partial charge in [-0.3, -0.25) is 0 Å². The number of hydrogen-bond donors (Lipinski definition) is 2. The summed E-state index contributed by atoms with van der Waals surface area (Å²) >= 11 is 0. The topological polar surface area (TPSA) is 139 Å². The van der Waals surface area contributed by atoms with Crippen LogP contribution < -0.4 is 10.2 Å². The van der Waals surface area contributed by atoms with Crippen molar-refractivity contribution in [1.29, 1.82) is 0 Å². The quantitative estimate of drug-likeness (QED) is 0.0501. The first-order valence-electron chi connectivity index (χ1n) is 23.3. The van der Waals surface area contributed by atoms with Crippen LogP contribution >= 0.6 is 0 Å². The van der Waals surface area contributed by atoms with Gasteiger partial charge in [0.15, 0.2) is 0 Å². The van der Waals surface area contributed by atoms with Crippen LogP contribution in [0.5, 0.6) is 0 Å². The van der Waals surface area contributed by atoms with Gasteiger partial charge in [-0.25, -0.2) is 0 Å². The molecule has 59 heavy (non-hydrogen) atoms. The van der Waals surface area contributed by atoms with Gasteiger partial charge in [0.05, 0.1) is 37.6 Å². The van der Waals surface area contributed by atoms with Crippen molar-refractivity contribution in [2.45, 2.75) is 231 Å². The monoisotopic (exact) mass is 949 g/mol. The zero-order chi connectivity index (χ0) is 42.3. The van der Waals surface area contributed by atoms with Crippen molar-refractivity contribution in [2.24, 2.45) is 0 Å². The molecule has 0 amide bonds. The number of carbonyl (C=O) groups is 2. The van der Waals surface area contributed by atoms with E-state index in [9.17, 15) is 30.0 Å². The largest absolute Gasteiger partial charge is 2.00 e. The second kappa shape index (κ2) is 42.1. The van der Waals surface area contributed by atoms with Crippen molar-refractivity contribution < 1.29 is 39.5 Å². The third-order valence-corrected chi connectivity index (χ3v) is 11.0. The van der Waals surface area contributed by atoms with Gasteiger partial charge < -0.3 is 39.5 Å². The molecule has 4 unspecified atom stereocenters. The van der Waals surface area contributed by atoms with Crippen LogP contribution in [-0.4, -0.2) is 95.4 Å². The van der Waals surface area contributed by atoms with Crippen molar-refractivity contribution in [3.63, 3.8) is 0 Å². The molecule has 2 aromatic rings. The van der Waals surface area contributed by atoms with Gasteiger partial charge in [0, 0.05) is 11.9 Å². The van der Waals surface area contributed by atoms with E-state index in [-0.39, 0.29) is 73.9 Å². The minimum absolute atomic E-state index is 0. The standard InChI is InChI=1S/2C25H42O4.Ba/c2*1-2-24(29-21-22-15-9-7-10-16-22)19-13-6-4-3-5-11-17-23(26)18-12-8-14-20-25(27)28;/h2*7,9-10,15-16,23-24,26H,2-6,8,11-14,17-21H2,1H3,(H,27,28);/q;;+2/p-2. The molecule has 0 radical (unpaired) electrons. The summed E-state index contributed by atoms with van der Waals surface area (Å²) in [7, 11) is 0. The molecule has 4 atom stereocenters. The van der Waals surface area contributed by atoms with E-state index in [0.29, 0.717) is 38.3 Å². The van der Waals surface area contributed by atoms with Crippen LogP contribution in [0.25, 0.3) is 0 Å². The zero-order valence-electron chi connectivity index (χ0n) is 37.3.